The molecule has 0 aliphatic rings. The molecule has 90 valence electrons. The van der Waals surface area contributed by atoms with E-state index in [1.165, 1.54) is 25.7 Å². The zero-order valence-corrected chi connectivity index (χ0v) is 10.4. The van der Waals surface area contributed by atoms with E-state index in [1.54, 1.807) is 0 Å². The summed E-state index contributed by atoms with van der Waals surface area (Å²) in [5.74, 6) is 0.511. The van der Waals surface area contributed by atoms with E-state index in [0.29, 0.717) is 6.42 Å². The fourth-order valence-corrected chi connectivity index (χ4v) is 1.69. The topological polar surface area (TPSA) is 55.1 Å². The maximum Gasteiger partial charge on any atom is 0.218 e. The van der Waals surface area contributed by atoms with Crippen LogP contribution >= 0.6 is 0 Å². The SMILES string of the molecule is CCCCC(CC)CNC(C)CC(N)=O. The Morgan fingerprint density at radius 1 is 1.40 bits per heavy atom. The van der Waals surface area contributed by atoms with Crippen molar-refractivity contribution in [2.45, 2.75) is 58.9 Å². The molecule has 2 atom stereocenters. The second-order valence-electron chi connectivity index (χ2n) is 4.40. The van der Waals surface area contributed by atoms with E-state index in [-0.39, 0.29) is 11.9 Å². The quantitative estimate of drug-likeness (QED) is 0.617. The molecule has 15 heavy (non-hydrogen) atoms. The Morgan fingerprint density at radius 2 is 2.07 bits per heavy atom. The van der Waals surface area contributed by atoms with Gasteiger partial charge in [0.2, 0.25) is 5.91 Å². The number of amides is 1. The largest absolute Gasteiger partial charge is 0.370 e. The summed E-state index contributed by atoms with van der Waals surface area (Å²) < 4.78 is 0. The van der Waals surface area contributed by atoms with Gasteiger partial charge in [0.25, 0.3) is 0 Å². The van der Waals surface area contributed by atoms with Gasteiger partial charge in [-0.05, 0) is 25.8 Å². The number of carbonyl (C=O) groups is 1. The second kappa shape index (κ2) is 8.72. The molecule has 0 fully saturated rings. The average molecular weight is 214 g/mol. The zero-order chi connectivity index (χ0) is 11.7. The normalized spacial score (nSPS) is 14.9. The minimum absolute atomic E-state index is 0.207. The lowest BCUT2D eigenvalue weighted by Crippen LogP contribution is -2.34. The third kappa shape index (κ3) is 8.43. The first-order valence-corrected chi connectivity index (χ1v) is 6.11. The van der Waals surface area contributed by atoms with Crippen LogP contribution in [-0.4, -0.2) is 18.5 Å². The molecular weight excluding hydrogens is 188 g/mol. The maximum atomic E-state index is 10.7. The van der Waals surface area contributed by atoms with Crippen LogP contribution in [0.25, 0.3) is 0 Å². The van der Waals surface area contributed by atoms with E-state index in [1.807, 2.05) is 6.92 Å². The number of carbonyl (C=O) groups excluding carboxylic acids is 1. The van der Waals surface area contributed by atoms with Crippen LogP contribution in [0, 0.1) is 5.92 Å². The predicted octanol–water partition coefficient (Wildman–Crippen LogP) is 2.06. The molecule has 0 aliphatic heterocycles. The van der Waals surface area contributed by atoms with E-state index < -0.39 is 0 Å². The third-order valence-electron chi connectivity index (χ3n) is 2.81. The Morgan fingerprint density at radius 3 is 2.53 bits per heavy atom. The molecule has 3 nitrogen and oxygen atoms in total. The summed E-state index contributed by atoms with van der Waals surface area (Å²) in [4.78, 5) is 10.7. The summed E-state index contributed by atoms with van der Waals surface area (Å²) in [6.45, 7) is 7.46. The van der Waals surface area contributed by atoms with Crippen molar-refractivity contribution in [1.82, 2.24) is 5.32 Å². The fourth-order valence-electron chi connectivity index (χ4n) is 1.69. The smallest absolute Gasteiger partial charge is 0.218 e. The lowest BCUT2D eigenvalue weighted by Gasteiger charge is -2.18. The number of nitrogens with two attached hydrogens (primary N) is 1. The summed E-state index contributed by atoms with van der Waals surface area (Å²) in [7, 11) is 0. The van der Waals surface area contributed by atoms with Gasteiger partial charge in [-0.15, -0.1) is 0 Å². The number of hydrogen-bond acceptors (Lipinski definition) is 2. The highest BCUT2D eigenvalue weighted by Crippen LogP contribution is 2.11. The molecule has 0 saturated carbocycles. The highest BCUT2D eigenvalue weighted by Gasteiger charge is 2.09. The van der Waals surface area contributed by atoms with Crippen molar-refractivity contribution in [2.24, 2.45) is 11.7 Å². The summed E-state index contributed by atoms with van der Waals surface area (Å²) in [6, 6.07) is 0.207. The Labute approximate surface area is 93.8 Å². The molecule has 3 N–H and O–H groups in total. The first kappa shape index (κ1) is 14.4. The predicted molar refractivity (Wildman–Crippen MR) is 64.6 cm³/mol. The molecule has 0 aromatic carbocycles. The highest BCUT2D eigenvalue weighted by atomic mass is 16.1. The molecule has 0 saturated heterocycles. The van der Waals surface area contributed by atoms with E-state index in [2.05, 4.69) is 19.2 Å². The van der Waals surface area contributed by atoms with Crippen molar-refractivity contribution in [2.75, 3.05) is 6.54 Å². The van der Waals surface area contributed by atoms with Crippen molar-refractivity contribution < 1.29 is 4.79 Å². The van der Waals surface area contributed by atoms with Gasteiger partial charge < -0.3 is 11.1 Å². The number of nitrogens with one attached hydrogen (secondary N) is 1. The van der Waals surface area contributed by atoms with Crippen molar-refractivity contribution in [3.8, 4) is 0 Å². The summed E-state index contributed by atoms with van der Waals surface area (Å²) in [6.07, 6.45) is 5.47. The van der Waals surface area contributed by atoms with E-state index >= 15 is 0 Å². The lowest BCUT2D eigenvalue weighted by molar-refractivity contribution is -0.118. The van der Waals surface area contributed by atoms with Crippen LogP contribution in [0.1, 0.15) is 52.9 Å². The first-order chi connectivity index (χ1) is 7.10. The van der Waals surface area contributed by atoms with Gasteiger partial charge in [-0.2, -0.15) is 0 Å². The summed E-state index contributed by atoms with van der Waals surface area (Å²) in [5.41, 5.74) is 5.13. The first-order valence-electron chi connectivity index (χ1n) is 6.11. The molecule has 3 heteroatoms. The fraction of sp³-hybridized carbons (Fsp3) is 0.917. The highest BCUT2D eigenvalue weighted by molar-refractivity contribution is 5.74. The molecule has 0 rings (SSSR count). The van der Waals surface area contributed by atoms with Gasteiger partial charge in [0.05, 0.1) is 0 Å². The molecular formula is C12H26N2O. The summed E-state index contributed by atoms with van der Waals surface area (Å²) in [5, 5.41) is 3.37. The van der Waals surface area contributed by atoms with E-state index in [4.69, 9.17) is 5.73 Å². The van der Waals surface area contributed by atoms with E-state index in [0.717, 1.165) is 12.5 Å². The minimum Gasteiger partial charge on any atom is -0.370 e. The van der Waals surface area contributed by atoms with Crippen LogP contribution in [0.4, 0.5) is 0 Å². The Kier molecular flexibility index (Phi) is 8.38. The molecule has 0 heterocycles. The van der Waals surface area contributed by atoms with Gasteiger partial charge in [0, 0.05) is 12.5 Å². The van der Waals surface area contributed by atoms with Crippen molar-refractivity contribution in [3.63, 3.8) is 0 Å². The molecule has 0 bridgehead atoms. The van der Waals surface area contributed by atoms with Gasteiger partial charge in [-0.1, -0.05) is 33.1 Å². The van der Waals surface area contributed by atoms with Gasteiger partial charge in [-0.3, -0.25) is 4.79 Å². The molecule has 2 unspecified atom stereocenters. The van der Waals surface area contributed by atoms with Crippen LogP contribution in [0.3, 0.4) is 0 Å². The molecule has 0 spiro atoms. The molecule has 0 radical (unpaired) electrons. The molecule has 0 aromatic heterocycles. The van der Waals surface area contributed by atoms with Crippen molar-refractivity contribution >= 4 is 5.91 Å². The van der Waals surface area contributed by atoms with Crippen molar-refractivity contribution in [1.29, 1.82) is 0 Å². The standard InChI is InChI=1S/C12H26N2O/c1-4-6-7-11(5-2)9-14-10(3)8-12(13)15/h10-11,14H,4-9H2,1-3H3,(H2,13,15). The molecule has 1 amide bonds. The number of unbranched alkanes of at least 4 members (excludes halogenated alkanes) is 1. The number of primary amides is 1. The Hall–Kier alpha value is -0.570. The number of rotatable bonds is 9. The van der Waals surface area contributed by atoms with Gasteiger partial charge >= 0.3 is 0 Å². The molecule has 0 aliphatic carbocycles. The molecule has 0 aromatic rings. The summed E-state index contributed by atoms with van der Waals surface area (Å²) >= 11 is 0. The zero-order valence-electron chi connectivity index (χ0n) is 10.4. The average Bonchev–Trinajstić information content (AvgIpc) is 2.17. The third-order valence-corrected chi connectivity index (χ3v) is 2.81. The number of hydrogen-bond donors (Lipinski definition) is 2. The van der Waals surface area contributed by atoms with Crippen LogP contribution < -0.4 is 11.1 Å². The second-order valence-corrected chi connectivity index (χ2v) is 4.40. The van der Waals surface area contributed by atoms with Gasteiger partial charge in [0.1, 0.15) is 0 Å². The lowest BCUT2D eigenvalue weighted by atomic mass is 9.99. The Bertz CT molecular complexity index is 171. The van der Waals surface area contributed by atoms with Gasteiger partial charge in [-0.25, -0.2) is 0 Å². The van der Waals surface area contributed by atoms with Gasteiger partial charge in [0.15, 0.2) is 0 Å². The van der Waals surface area contributed by atoms with Crippen molar-refractivity contribution in [3.05, 3.63) is 0 Å². The Balaban J connectivity index is 3.64. The maximum absolute atomic E-state index is 10.7. The van der Waals surface area contributed by atoms with Crippen LogP contribution in [0.2, 0.25) is 0 Å². The monoisotopic (exact) mass is 214 g/mol. The van der Waals surface area contributed by atoms with Crippen LogP contribution in [0.15, 0.2) is 0 Å². The van der Waals surface area contributed by atoms with Crippen LogP contribution in [0.5, 0.6) is 0 Å². The minimum atomic E-state index is -0.225. The van der Waals surface area contributed by atoms with E-state index in [9.17, 15) is 4.79 Å². The van der Waals surface area contributed by atoms with Crippen LogP contribution in [-0.2, 0) is 4.79 Å².